The molecule has 116 valence electrons. The Kier molecular flexibility index (Phi) is 3.50. The molecule has 23 heavy (non-hydrogen) atoms. The predicted molar refractivity (Wildman–Crippen MR) is 89.5 cm³/mol. The molecule has 0 aliphatic heterocycles. The van der Waals surface area contributed by atoms with E-state index in [2.05, 4.69) is 15.3 Å². The number of aromatic nitrogens is 2. The molecule has 1 N–H and O–H groups in total. The van der Waals surface area contributed by atoms with Crippen molar-refractivity contribution in [3.63, 3.8) is 0 Å². The molecular formula is C16H11ClFN3OS. The van der Waals surface area contributed by atoms with E-state index in [1.54, 1.807) is 18.5 Å². The smallest absolute Gasteiger partial charge is 0.232 e. The van der Waals surface area contributed by atoms with E-state index in [1.807, 2.05) is 18.2 Å². The summed E-state index contributed by atoms with van der Waals surface area (Å²) in [5, 5.41) is 3.79. The fraction of sp³-hybridized carbons (Fsp3) is 0.188. The number of rotatable bonds is 3. The van der Waals surface area contributed by atoms with Crippen molar-refractivity contribution in [2.75, 3.05) is 5.32 Å². The van der Waals surface area contributed by atoms with Crippen molar-refractivity contribution in [1.29, 1.82) is 0 Å². The molecule has 1 aromatic carbocycles. The molecule has 0 spiro atoms. The van der Waals surface area contributed by atoms with Gasteiger partial charge in [-0.25, -0.2) is 9.37 Å². The molecule has 1 unspecified atom stereocenters. The van der Waals surface area contributed by atoms with E-state index < -0.39 is 12.1 Å². The number of thiazole rings is 1. The van der Waals surface area contributed by atoms with Crippen molar-refractivity contribution in [2.45, 2.75) is 12.6 Å². The second-order valence-corrected chi connectivity index (χ2v) is 6.84. The van der Waals surface area contributed by atoms with Crippen LogP contribution in [-0.4, -0.2) is 22.0 Å². The van der Waals surface area contributed by atoms with Gasteiger partial charge in [-0.15, -0.1) is 0 Å². The van der Waals surface area contributed by atoms with Gasteiger partial charge in [0.25, 0.3) is 0 Å². The lowest BCUT2D eigenvalue weighted by atomic mass is 10.1. The first-order chi connectivity index (χ1) is 11.1. The molecule has 1 saturated carbocycles. The molecule has 4 rings (SSSR count). The number of nitrogens with zero attached hydrogens (tertiary/aromatic N) is 2. The molecule has 0 saturated heterocycles. The molecule has 4 nitrogen and oxygen atoms in total. The summed E-state index contributed by atoms with van der Waals surface area (Å²) in [6.07, 6.45) is 2.65. The highest BCUT2D eigenvalue weighted by Crippen LogP contribution is 2.36. The maximum atomic E-state index is 12.9. The minimum atomic E-state index is -1.01. The lowest BCUT2D eigenvalue weighted by molar-refractivity contribution is -0.117. The lowest BCUT2D eigenvalue weighted by Gasteiger charge is -2.02. The molecule has 0 radical (unpaired) electrons. The largest absolute Gasteiger partial charge is 0.302 e. The summed E-state index contributed by atoms with van der Waals surface area (Å²) in [7, 11) is 0. The fourth-order valence-corrected chi connectivity index (χ4v) is 3.49. The van der Waals surface area contributed by atoms with E-state index in [1.165, 1.54) is 11.3 Å². The van der Waals surface area contributed by atoms with Gasteiger partial charge in [0, 0.05) is 18.0 Å². The summed E-state index contributed by atoms with van der Waals surface area (Å²) in [6, 6.07) is 7.48. The molecule has 0 bridgehead atoms. The summed E-state index contributed by atoms with van der Waals surface area (Å²) in [5.74, 6) is -0.821. The molecule has 7 heteroatoms. The Morgan fingerprint density at radius 1 is 1.39 bits per heavy atom. The highest BCUT2D eigenvalue weighted by atomic mass is 35.5. The number of carbonyl (C=O) groups excluding carboxylic acids is 1. The van der Waals surface area contributed by atoms with Crippen LogP contribution in [0.2, 0.25) is 5.02 Å². The number of pyridine rings is 1. The minimum absolute atomic E-state index is 0.299. The molecule has 2 atom stereocenters. The molecule has 1 fully saturated rings. The Hall–Kier alpha value is -2.05. The first-order valence-corrected chi connectivity index (χ1v) is 8.26. The zero-order valence-corrected chi connectivity index (χ0v) is 13.4. The number of fused-ring (bicyclic) bond motifs is 1. The number of amides is 1. The first kappa shape index (κ1) is 14.5. The third-order valence-electron chi connectivity index (χ3n) is 3.75. The van der Waals surface area contributed by atoms with Crippen LogP contribution in [0.15, 0.2) is 36.7 Å². The monoisotopic (exact) mass is 347 g/mol. The number of carbonyl (C=O) groups is 1. The van der Waals surface area contributed by atoms with Crippen LogP contribution in [0.4, 0.5) is 9.52 Å². The number of alkyl halides is 1. The Balaban J connectivity index is 1.64. The molecule has 3 aromatic rings. The van der Waals surface area contributed by atoms with Crippen LogP contribution in [0, 0.1) is 5.92 Å². The molecule has 1 aliphatic rings. The van der Waals surface area contributed by atoms with E-state index >= 15 is 0 Å². The Bertz CT molecular complexity index is 913. The Morgan fingerprint density at radius 2 is 2.22 bits per heavy atom. The van der Waals surface area contributed by atoms with Crippen molar-refractivity contribution in [1.82, 2.24) is 9.97 Å². The third-order valence-corrected chi connectivity index (χ3v) is 5.01. The van der Waals surface area contributed by atoms with Crippen LogP contribution >= 0.6 is 22.9 Å². The number of nitrogens with one attached hydrogen (secondary N) is 1. The SMILES string of the molecule is O=C(Nc1nc2ccc(-c3cnccc3Cl)cc2s1)[C@@H]1CC1F. The van der Waals surface area contributed by atoms with Gasteiger partial charge >= 0.3 is 0 Å². The van der Waals surface area contributed by atoms with Crippen LogP contribution in [0.25, 0.3) is 21.3 Å². The van der Waals surface area contributed by atoms with Crippen LogP contribution < -0.4 is 5.32 Å². The van der Waals surface area contributed by atoms with Crippen LogP contribution in [0.3, 0.4) is 0 Å². The number of benzene rings is 1. The van der Waals surface area contributed by atoms with Gasteiger partial charge in [0.15, 0.2) is 5.13 Å². The van der Waals surface area contributed by atoms with Crippen molar-refractivity contribution in [2.24, 2.45) is 5.92 Å². The minimum Gasteiger partial charge on any atom is -0.302 e. The van der Waals surface area contributed by atoms with Gasteiger partial charge in [-0.05, 0) is 30.2 Å². The van der Waals surface area contributed by atoms with Gasteiger partial charge < -0.3 is 5.32 Å². The van der Waals surface area contributed by atoms with E-state index in [0.717, 1.165) is 21.3 Å². The van der Waals surface area contributed by atoms with Crippen LogP contribution in [0.5, 0.6) is 0 Å². The predicted octanol–water partition coefficient (Wildman–Crippen LogP) is 4.31. The average Bonchev–Trinajstić information content (AvgIpc) is 3.13. The third kappa shape index (κ3) is 2.80. The molecule has 2 heterocycles. The van der Waals surface area contributed by atoms with E-state index in [-0.39, 0.29) is 5.91 Å². The Morgan fingerprint density at radius 3 is 2.96 bits per heavy atom. The topological polar surface area (TPSA) is 54.9 Å². The van der Waals surface area contributed by atoms with Gasteiger partial charge in [0.1, 0.15) is 6.17 Å². The quantitative estimate of drug-likeness (QED) is 0.768. The number of halogens is 2. The van der Waals surface area contributed by atoms with Gasteiger partial charge in [0.2, 0.25) is 5.91 Å². The zero-order valence-electron chi connectivity index (χ0n) is 11.8. The fourth-order valence-electron chi connectivity index (χ4n) is 2.37. The molecule has 1 aliphatic carbocycles. The Labute approximate surface area is 140 Å². The highest BCUT2D eigenvalue weighted by Gasteiger charge is 2.43. The standard InChI is InChI=1S/C16H11ClFN3OS/c17-11-3-4-19-7-10(11)8-1-2-13-14(5-8)23-16(20-13)21-15(22)9-6-12(9)18/h1-5,7,9,12H,6H2,(H,20,21,22)/t9-,12?/m1/s1. The maximum Gasteiger partial charge on any atom is 0.232 e. The second-order valence-electron chi connectivity index (χ2n) is 5.40. The van der Waals surface area contributed by atoms with Crippen molar-refractivity contribution >= 4 is 44.2 Å². The molecular weight excluding hydrogens is 337 g/mol. The van der Waals surface area contributed by atoms with Crippen molar-refractivity contribution < 1.29 is 9.18 Å². The van der Waals surface area contributed by atoms with E-state index in [0.29, 0.717) is 16.6 Å². The van der Waals surface area contributed by atoms with E-state index in [4.69, 9.17) is 11.6 Å². The second kappa shape index (κ2) is 5.54. The number of hydrogen-bond acceptors (Lipinski definition) is 4. The van der Waals surface area contributed by atoms with E-state index in [9.17, 15) is 9.18 Å². The maximum absolute atomic E-state index is 12.9. The van der Waals surface area contributed by atoms with Crippen LogP contribution in [0.1, 0.15) is 6.42 Å². The number of hydrogen-bond donors (Lipinski definition) is 1. The normalized spacial score (nSPS) is 19.7. The number of anilines is 1. The highest BCUT2D eigenvalue weighted by molar-refractivity contribution is 7.22. The molecule has 2 aromatic heterocycles. The average molecular weight is 348 g/mol. The van der Waals surface area contributed by atoms with Crippen LogP contribution in [-0.2, 0) is 4.79 Å². The summed E-state index contributed by atoms with van der Waals surface area (Å²) >= 11 is 7.55. The lowest BCUT2D eigenvalue weighted by Crippen LogP contribution is -2.14. The van der Waals surface area contributed by atoms with Gasteiger partial charge in [-0.3, -0.25) is 9.78 Å². The van der Waals surface area contributed by atoms with Gasteiger partial charge in [0.05, 0.1) is 21.2 Å². The molecule has 1 amide bonds. The van der Waals surface area contributed by atoms with Crippen molar-refractivity contribution in [3.05, 3.63) is 41.7 Å². The summed E-state index contributed by atoms with van der Waals surface area (Å²) in [6.45, 7) is 0. The summed E-state index contributed by atoms with van der Waals surface area (Å²) in [5.41, 5.74) is 2.55. The van der Waals surface area contributed by atoms with Gasteiger partial charge in [-0.2, -0.15) is 0 Å². The summed E-state index contributed by atoms with van der Waals surface area (Å²) < 4.78 is 13.8. The zero-order chi connectivity index (χ0) is 16.0. The first-order valence-electron chi connectivity index (χ1n) is 7.07. The van der Waals surface area contributed by atoms with Gasteiger partial charge in [-0.1, -0.05) is 29.0 Å². The van der Waals surface area contributed by atoms with Crippen molar-refractivity contribution in [3.8, 4) is 11.1 Å². The summed E-state index contributed by atoms with van der Waals surface area (Å²) in [4.78, 5) is 20.2.